The third-order valence-corrected chi connectivity index (χ3v) is 6.10. The molecule has 0 aliphatic carbocycles. The van der Waals surface area contributed by atoms with E-state index >= 15 is 0 Å². The van der Waals surface area contributed by atoms with Crippen molar-refractivity contribution in [2.24, 2.45) is 0 Å². The van der Waals surface area contributed by atoms with E-state index in [1.165, 1.54) is 4.90 Å². The van der Waals surface area contributed by atoms with Gasteiger partial charge in [0, 0.05) is 6.54 Å². The molecule has 11 nitrogen and oxygen atoms in total. The highest BCUT2D eigenvalue weighted by molar-refractivity contribution is 7.99. The summed E-state index contributed by atoms with van der Waals surface area (Å²) in [5, 5.41) is 14.5. The summed E-state index contributed by atoms with van der Waals surface area (Å²) in [6, 6.07) is -1.93. The van der Waals surface area contributed by atoms with Crippen LogP contribution in [0, 0.1) is 5.41 Å². The highest BCUT2D eigenvalue weighted by Gasteiger charge is 2.48. The molecule has 3 saturated heterocycles. The molecule has 3 aliphatic rings. The number of fused-ring (bicyclic) bond motifs is 2. The van der Waals surface area contributed by atoms with Crippen molar-refractivity contribution in [2.45, 2.75) is 43.1 Å². The molecule has 3 aliphatic heterocycles. The van der Waals surface area contributed by atoms with Crippen LogP contribution in [0.15, 0.2) is 0 Å². The Morgan fingerprint density at radius 1 is 1.46 bits per heavy atom. The lowest BCUT2D eigenvalue weighted by molar-refractivity contribution is -0.119. The third-order valence-electron chi connectivity index (χ3n) is 4.49. The van der Waals surface area contributed by atoms with Gasteiger partial charge in [-0.3, -0.25) is 14.8 Å². The van der Waals surface area contributed by atoms with Crippen molar-refractivity contribution < 1.29 is 26.8 Å². The predicted octanol–water partition coefficient (Wildman–Crippen LogP) is -0.474. The molecule has 26 heavy (non-hydrogen) atoms. The average molecular weight is 407 g/mol. The zero-order chi connectivity index (χ0) is 18.9. The number of rotatable bonds is 5. The predicted molar refractivity (Wildman–Crippen MR) is 92.7 cm³/mol. The maximum absolute atomic E-state index is 12.3. The number of amides is 3. The second-order valence-electron chi connectivity index (χ2n) is 6.34. The zero-order valence-electron chi connectivity index (χ0n) is 13.9. The number of carbonyl (C=O) groups is 2. The molecule has 0 spiro atoms. The Balaban J connectivity index is 1.57. The van der Waals surface area contributed by atoms with Crippen LogP contribution in [0.3, 0.4) is 0 Å². The molecule has 3 amide bonds. The zero-order valence-corrected chi connectivity index (χ0v) is 15.5. The van der Waals surface area contributed by atoms with Crippen LogP contribution in [0.2, 0.25) is 0 Å². The van der Waals surface area contributed by atoms with Crippen LogP contribution in [-0.4, -0.2) is 77.0 Å². The van der Waals surface area contributed by atoms with E-state index < -0.39 is 28.5 Å². The van der Waals surface area contributed by atoms with E-state index in [-0.39, 0.29) is 30.1 Å². The molecular weight excluding hydrogens is 386 g/mol. The first-order valence-electron chi connectivity index (χ1n) is 8.25. The van der Waals surface area contributed by atoms with E-state index in [1.54, 1.807) is 11.8 Å². The molecule has 0 radical (unpaired) electrons. The second kappa shape index (κ2) is 7.68. The Morgan fingerprint density at radius 3 is 2.88 bits per heavy atom. The molecule has 146 valence electrons. The third kappa shape index (κ3) is 4.46. The van der Waals surface area contributed by atoms with E-state index in [2.05, 4.69) is 14.9 Å². The van der Waals surface area contributed by atoms with E-state index in [0.717, 1.165) is 18.7 Å². The number of hydrogen-bond acceptors (Lipinski definition) is 8. The number of nitrogens with one attached hydrogen (secondary N) is 3. The van der Waals surface area contributed by atoms with E-state index in [4.69, 9.17) is 9.96 Å². The van der Waals surface area contributed by atoms with E-state index in [0.29, 0.717) is 17.9 Å². The van der Waals surface area contributed by atoms with Crippen molar-refractivity contribution in [2.75, 3.05) is 18.8 Å². The molecule has 0 saturated carbocycles. The van der Waals surface area contributed by atoms with Crippen molar-refractivity contribution in [3.63, 3.8) is 0 Å². The minimum Gasteiger partial charge on any atom is -0.313 e. The molecule has 1 unspecified atom stereocenters. The number of nitrogens with zero attached hydrogens (tertiary/aromatic N) is 2. The molecule has 2 bridgehead atoms. The van der Waals surface area contributed by atoms with Gasteiger partial charge in [0.25, 0.3) is 0 Å². The molecule has 0 aromatic carbocycles. The molecular formula is C13H21N5O6S2. The van der Waals surface area contributed by atoms with Gasteiger partial charge < -0.3 is 15.5 Å². The Kier molecular flexibility index (Phi) is 5.72. The normalized spacial score (nSPS) is 29.0. The Labute approximate surface area is 155 Å². The first kappa shape index (κ1) is 19.4. The quantitative estimate of drug-likeness (QED) is 0.271. The molecule has 4 N–H and O–H groups in total. The number of urea groups is 1. The molecule has 0 aromatic heterocycles. The van der Waals surface area contributed by atoms with Crippen LogP contribution in [-0.2, 0) is 19.5 Å². The number of carbonyl (C=O) groups excluding carboxylic acids is 2. The summed E-state index contributed by atoms with van der Waals surface area (Å²) in [6.45, 7) is 1.02. The maximum atomic E-state index is 12.3. The minimum atomic E-state index is -4.81. The molecule has 3 fully saturated rings. The first-order chi connectivity index (χ1) is 12.2. The molecule has 13 heteroatoms. The van der Waals surface area contributed by atoms with Crippen molar-refractivity contribution in [1.29, 1.82) is 5.41 Å². The first-order valence-corrected chi connectivity index (χ1v) is 10.7. The fourth-order valence-electron chi connectivity index (χ4n) is 3.34. The van der Waals surface area contributed by atoms with Gasteiger partial charge in [-0.1, -0.05) is 0 Å². The van der Waals surface area contributed by atoms with Gasteiger partial charge in [-0.15, -0.1) is 16.0 Å². The monoisotopic (exact) mass is 407 g/mol. The minimum absolute atomic E-state index is 0.0133. The van der Waals surface area contributed by atoms with Gasteiger partial charge in [0.15, 0.2) is 0 Å². The fraction of sp³-hybridized carbons (Fsp3) is 0.769. The summed E-state index contributed by atoms with van der Waals surface area (Å²) < 4.78 is 34.9. The van der Waals surface area contributed by atoms with Gasteiger partial charge >= 0.3 is 16.4 Å². The molecule has 3 rings (SSSR count). The lowest BCUT2D eigenvalue weighted by atomic mass is 10.00. The topological polar surface area (TPSA) is 152 Å². The van der Waals surface area contributed by atoms with Gasteiger partial charge in [0.2, 0.25) is 5.91 Å². The van der Waals surface area contributed by atoms with Crippen LogP contribution >= 0.6 is 11.8 Å². The number of piperidine rings is 1. The van der Waals surface area contributed by atoms with Crippen molar-refractivity contribution >= 4 is 39.9 Å². The van der Waals surface area contributed by atoms with Gasteiger partial charge in [0.05, 0.1) is 23.9 Å². The van der Waals surface area contributed by atoms with E-state index in [9.17, 15) is 18.0 Å². The average Bonchev–Trinajstić information content (AvgIpc) is 2.79. The second-order valence-corrected chi connectivity index (χ2v) is 8.66. The molecule has 3 heterocycles. The fourth-order valence-corrected chi connectivity index (χ4v) is 4.82. The lowest BCUT2D eigenvalue weighted by Gasteiger charge is -2.31. The summed E-state index contributed by atoms with van der Waals surface area (Å²) in [5.41, 5.74) is 0. The largest absolute Gasteiger partial charge is 0.418 e. The number of amidine groups is 1. The number of hydroxylamine groups is 2. The summed E-state index contributed by atoms with van der Waals surface area (Å²) >= 11 is 1.66. The van der Waals surface area contributed by atoms with Gasteiger partial charge in [-0.2, -0.15) is 13.5 Å². The standard InChI is InChI=1S/C13H21N5O6S2/c14-12(16-10(19)6-11-15-4-1-5-25-11)9-3-2-8-7-17(9)13(20)18(8)24-26(21,22)23/h8-9,11,15H,1-7H2,(H2,14,16,19)(H,21,22,23)/t8-,9+,11?/m1/s1. The molecule has 3 atom stereocenters. The van der Waals surface area contributed by atoms with Crippen LogP contribution in [0.5, 0.6) is 0 Å². The summed E-state index contributed by atoms with van der Waals surface area (Å²) in [5.74, 6) is 0.580. The molecule has 0 aromatic rings. The van der Waals surface area contributed by atoms with Crippen LogP contribution in [0.25, 0.3) is 0 Å². The van der Waals surface area contributed by atoms with Crippen LogP contribution < -0.4 is 10.6 Å². The van der Waals surface area contributed by atoms with Crippen LogP contribution in [0.1, 0.15) is 25.7 Å². The van der Waals surface area contributed by atoms with Gasteiger partial charge in [0.1, 0.15) is 5.84 Å². The highest BCUT2D eigenvalue weighted by Crippen LogP contribution is 2.30. The van der Waals surface area contributed by atoms with Crippen molar-refractivity contribution in [3.8, 4) is 0 Å². The number of hydrogen-bond donors (Lipinski definition) is 4. The Morgan fingerprint density at radius 2 is 2.23 bits per heavy atom. The van der Waals surface area contributed by atoms with Crippen molar-refractivity contribution in [3.05, 3.63) is 0 Å². The number of thioether (sulfide) groups is 1. The summed E-state index contributed by atoms with van der Waals surface area (Å²) in [6.07, 6.45) is 2.06. The van der Waals surface area contributed by atoms with Gasteiger partial charge in [-0.05, 0) is 31.6 Å². The SMILES string of the molecule is N=C(NC(=O)CC1NCCCS1)[C@@H]1CC[C@@H]2CN1C(=O)N2OS(=O)(=O)O. The van der Waals surface area contributed by atoms with Crippen LogP contribution in [0.4, 0.5) is 4.79 Å². The summed E-state index contributed by atoms with van der Waals surface area (Å²) in [4.78, 5) is 25.7. The van der Waals surface area contributed by atoms with Crippen molar-refractivity contribution in [1.82, 2.24) is 20.6 Å². The lowest BCUT2D eigenvalue weighted by Crippen LogP contribution is -2.51. The summed E-state index contributed by atoms with van der Waals surface area (Å²) in [7, 11) is -4.81. The maximum Gasteiger partial charge on any atom is 0.418 e. The Hall–Kier alpha value is -1.41. The highest BCUT2D eigenvalue weighted by atomic mass is 32.3. The Bertz CT molecular complexity index is 695. The van der Waals surface area contributed by atoms with E-state index in [1.807, 2.05) is 0 Å². The van der Waals surface area contributed by atoms with Gasteiger partial charge in [-0.25, -0.2) is 4.79 Å². The smallest absolute Gasteiger partial charge is 0.313 e.